The fourth-order valence-corrected chi connectivity index (χ4v) is 3.43. The Morgan fingerprint density at radius 2 is 2.00 bits per heavy atom. The number of nitrogens with zero attached hydrogens (tertiary/aromatic N) is 3. The lowest BCUT2D eigenvalue weighted by Gasteiger charge is -2.30. The zero-order valence-electron chi connectivity index (χ0n) is 15.2. The van der Waals surface area contributed by atoms with Crippen LogP contribution in [0.2, 0.25) is 0 Å². The second-order valence-electron chi connectivity index (χ2n) is 6.94. The highest BCUT2D eigenvalue weighted by molar-refractivity contribution is 5.93. The Labute approximate surface area is 156 Å². The molecule has 1 fully saturated rings. The van der Waals surface area contributed by atoms with Gasteiger partial charge in [-0.15, -0.1) is 0 Å². The van der Waals surface area contributed by atoms with Crippen LogP contribution < -0.4 is 15.8 Å². The standard InChI is InChI=1S/C20H22N4O3/c1-23-10-4-5-15(19(23)26)18(25)21-13-14-8-11-24(12-9-14)20-22-16-6-2-3-7-17(16)27-20/h2-7,10,14H,8-9,11-13H2,1H3,(H,21,25). The van der Waals surface area contributed by atoms with Gasteiger partial charge in [0, 0.05) is 32.9 Å². The highest BCUT2D eigenvalue weighted by atomic mass is 16.4. The highest BCUT2D eigenvalue weighted by Crippen LogP contribution is 2.26. The number of pyridine rings is 1. The zero-order valence-corrected chi connectivity index (χ0v) is 15.2. The molecule has 1 saturated heterocycles. The highest BCUT2D eigenvalue weighted by Gasteiger charge is 2.23. The molecule has 1 amide bonds. The molecule has 3 aromatic rings. The summed E-state index contributed by atoms with van der Waals surface area (Å²) in [6.07, 6.45) is 3.51. The van der Waals surface area contributed by atoms with Crippen LogP contribution in [-0.2, 0) is 7.05 Å². The second kappa shape index (κ2) is 7.26. The molecule has 1 N–H and O–H groups in total. The Hall–Kier alpha value is -3.09. The lowest BCUT2D eigenvalue weighted by Crippen LogP contribution is -2.40. The summed E-state index contributed by atoms with van der Waals surface area (Å²) in [6, 6.07) is 11.7. The summed E-state index contributed by atoms with van der Waals surface area (Å²) in [6.45, 7) is 2.24. The zero-order chi connectivity index (χ0) is 18.8. The van der Waals surface area contributed by atoms with Crippen LogP contribution >= 0.6 is 0 Å². The maximum atomic E-state index is 12.3. The molecule has 0 saturated carbocycles. The average Bonchev–Trinajstić information content (AvgIpc) is 3.13. The topological polar surface area (TPSA) is 80.4 Å². The predicted octanol–water partition coefficient (Wildman–Crippen LogP) is 2.17. The number of hydrogen-bond acceptors (Lipinski definition) is 5. The minimum atomic E-state index is -0.308. The molecule has 1 aliphatic rings. The molecule has 7 nitrogen and oxygen atoms in total. The number of nitrogens with one attached hydrogen (secondary N) is 1. The third-order valence-corrected chi connectivity index (χ3v) is 5.09. The Morgan fingerprint density at radius 1 is 1.22 bits per heavy atom. The SMILES string of the molecule is Cn1cccc(C(=O)NCC2CCN(c3nc4ccccc4o3)CC2)c1=O. The number of benzene rings is 1. The maximum Gasteiger partial charge on any atom is 0.298 e. The summed E-state index contributed by atoms with van der Waals surface area (Å²) in [5.74, 6) is 0.0692. The van der Waals surface area contributed by atoms with Gasteiger partial charge in [-0.05, 0) is 43.0 Å². The van der Waals surface area contributed by atoms with Gasteiger partial charge >= 0.3 is 0 Å². The van der Waals surface area contributed by atoms with Crippen LogP contribution in [0.3, 0.4) is 0 Å². The first-order valence-corrected chi connectivity index (χ1v) is 9.16. The van der Waals surface area contributed by atoms with Gasteiger partial charge in [0.1, 0.15) is 11.1 Å². The molecule has 0 aliphatic carbocycles. The molecule has 27 heavy (non-hydrogen) atoms. The lowest BCUT2D eigenvalue weighted by molar-refractivity contribution is 0.0942. The predicted molar refractivity (Wildman–Crippen MR) is 103 cm³/mol. The molecular formula is C20H22N4O3. The number of aromatic nitrogens is 2. The third-order valence-electron chi connectivity index (χ3n) is 5.09. The van der Waals surface area contributed by atoms with Crippen LogP contribution in [0, 0.1) is 5.92 Å². The van der Waals surface area contributed by atoms with E-state index in [0.29, 0.717) is 18.5 Å². The maximum absolute atomic E-state index is 12.3. The molecule has 2 aromatic heterocycles. The first kappa shape index (κ1) is 17.3. The van der Waals surface area contributed by atoms with E-state index in [1.807, 2.05) is 24.3 Å². The molecule has 0 atom stereocenters. The summed E-state index contributed by atoms with van der Waals surface area (Å²) < 4.78 is 7.24. The molecule has 3 heterocycles. The number of carbonyl (C=O) groups excluding carboxylic acids is 1. The fourth-order valence-electron chi connectivity index (χ4n) is 3.43. The van der Waals surface area contributed by atoms with Gasteiger partial charge in [0.25, 0.3) is 17.5 Å². The molecule has 1 aliphatic heterocycles. The number of fused-ring (bicyclic) bond motifs is 1. The molecule has 1 aromatic carbocycles. The quantitative estimate of drug-likeness (QED) is 0.765. The normalized spacial score (nSPS) is 15.2. The summed E-state index contributed by atoms with van der Waals surface area (Å²) in [4.78, 5) is 31.0. The van der Waals surface area contributed by atoms with E-state index in [0.717, 1.165) is 37.0 Å². The Morgan fingerprint density at radius 3 is 2.78 bits per heavy atom. The Balaban J connectivity index is 1.32. The minimum absolute atomic E-state index is 0.184. The van der Waals surface area contributed by atoms with Gasteiger partial charge in [-0.1, -0.05) is 12.1 Å². The third kappa shape index (κ3) is 3.58. The van der Waals surface area contributed by atoms with Crippen molar-refractivity contribution in [2.24, 2.45) is 13.0 Å². The number of amides is 1. The van der Waals surface area contributed by atoms with Crippen molar-refractivity contribution in [1.82, 2.24) is 14.9 Å². The van der Waals surface area contributed by atoms with Crippen LogP contribution in [0.4, 0.5) is 6.01 Å². The molecule has 4 rings (SSSR count). The first-order valence-electron chi connectivity index (χ1n) is 9.16. The molecule has 7 heteroatoms. The summed E-state index contributed by atoms with van der Waals surface area (Å²) in [5, 5.41) is 2.90. The van der Waals surface area contributed by atoms with Crippen LogP contribution in [0.25, 0.3) is 11.1 Å². The van der Waals surface area contributed by atoms with E-state index in [9.17, 15) is 9.59 Å². The van der Waals surface area contributed by atoms with E-state index in [1.54, 1.807) is 25.4 Å². The number of hydrogen-bond donors (Lipinski definition) is 1. The molecule has 0 radical (unpaired) electrons. The fraction of sp³-hybridized carbons (Fsp3) is 0.350. The summed E-state index contributed by atoms with van der Waals surface area (Å²) in [7, 11) is 1.64. The number of anilines is 1. The molecule has 0 spiro atoms. The van der Waals surface area contributed by atoms with E-state index in [-0.39, 0.29) is 17.0 Å². The van der Waals surface area contributed by atoms with Crippen molar-refractivity contribution < 1.29 is 9.21 Å². The lowest BCUT2D eigenvalue weighted by atomic mass is 9.97. The van der Waals surface area contributed by atoms with Gasteiger partial charge in [-0.2, -0.15) is 4.98 Å². The monoisotopic (exact) mass is 366 g/mol. The number of rotatable bonds is 4. The molecule has 0 unspecified atom stereocenters. The Kier molecular flexibility index (Phi) is 4.66. The summed E-state index contributed by atoms with van der Waals surface area (Å²) in [5.41, 5.74) is 1.57. The van der Waals surface area contributed by atoms with Gasteiger partial charge in [0.15, 0.2) is 5.58 Å². The van der Waals surface area contributed by atoms with Crippen molar-refractivity contribution in [2.45, 2.75) is 12.8 Å². The van der Waals surface area contributed by atoms with Crippen molar-refractivity contribution in [3.8, 4) is 0 Å². The van der Waals surface area contributed by atoms with E-state index >= 15 is 0 Å². The molecule has 140 valence electrons. The van der Waals surface area contributed by atoms with E-state index in [4.69, 9.17) is 4.42 Å². The van der Waals surface area contributed by atoms with Gasteiger partial charge in [0.05, 0.1) is 0 Å². The number of aryl methyl sites for hydroxylation is 1. The van der Waals surface area contributed by atoms with Gasteiger partial charge < -0.3 is 19.2 Å². The van der Waals surface area contributed by atoms with Crippen LogP contribution in [0.1, 0.15) is 23.2 Å². The largest absolute Gasteiger partial charge is 0.423 e. The van der Waals surface area contributed by atoms with Crippen LogP contribution in [0.5, 0.6) is 0 Å². The Bertz CT molecular complexity index is 982. The van der Waals surface area contributed by atoms with E-state index in [1.165, 1.54) is 4.57 Å². The number of carbonyl (C=O) groups is 1. The van der Waals surface area contributed by atoms with E-state index < -0.39 is 0 Å². The van der Waals surface area contributed by atoms with Crippen LogP contribution in [0.15, 0.2) is 51.8 Å². The van der Waals surface area contributed by atoms with Gasteiger partial charge in [-0.3, -0.25) is 9.59 Å². The number of para-hydroxylation sites is 2. The average molecular weight is 366 g/mol. The molecular weight excluding hydrogens is 344 g/mol. The van der Waals surface area contributed by atoms with E-state index in [2.05, 4.69) is 15.2 Å². The van der Waals surface area contributed by atoms with Crippen molar-refractivity contribution in [1.29, 1.82) is 0 Å². The summed E-state index contributed by atoms with van der Waals surface area (Å²) >= 11 is 0. The van der Waals surface area contributed by atoms with Gasteiger partial charge in [-0.25, -0.2) is 0 Å². The van der Waals surface area contributed by atoms with Crippen molar-refractivity contribution in [3.05, 3.63) is 58.5 Å². The smallest absolute Gasteiger partial charge is 0.298 e. The first-order chi connectivity index (χ1) is 13.1. The van der Waals surface area contributed by atoms with Crippen molar-refractivity contribution in [3.63, 3.8) is 0 Å². The second-order valence-corrected chi connectivity index (χ2v) is 6.94. The van der Waals surface area contributed by atoms with Crippen LogP contribution in [-0.4, -0.2) is 35.1 Å². The minimum Gasteiger partial charge on any atom is -0.423 e. The number of piperidine rings is 1. The van der Waals surface area contributed by atoms with Crippen molar-refractivity contribution >= 4 is 23.0 Å². The van der Waals surface area contributed by atoms with Crippen molar-refractivity contribution in [2.75, 3.05) is 24.5 Å². The molecule has 0 bridgehead atoms. The number of oxazole rings is 1. The van der Waals surface area contributed by atoms with Gasteiger partial charge in [0.2, 0.25) is 0 Å².